The van der Waals surface area contributed by atoms with Gasteiger partial charge in [-0.05, 0) is 44.4 Å². The van der Waals surface area contributed by atoms with Crippen molar-refractivity contribution in [3.63, 3.8) is 0 Å². The maximum atomic E-state index is 10.9. The first kappa shape index (κ1) is 16.3. The van der Waals surface area contributed by atoms with Gasteiger partial charge in [0.2, 0.25) is 5.95 Å². The molecule has 1 fully saturated rings. The van der Waals surface area contributed by atoms with Crippen LogP contribution in [0.4, 0.5) is 5.95 Å². The average Bonchev–Trinajstić information content (AvgIpc) is 3.16. The van der Waals surface area contributed by atoms with Crippen molar-refractivity contribution in [1.29, 1.82) is 0 Å². The molecule has 1 saturated heterocycles. The molecule has 1 aliphatic rings. The van der Waals surface area contributed by atoms with Gasteiger partial charge >= 0.3 is 0 Å². The van der Waals surface area contributed by atoms with Gasteiger partial charge in [0, 0.05) is 31.1 Å². The van der Waals surface area contributed by atoms with E-state index < -0.39 is 5.60 Å². The van der Waals surface area contributed by atoms with Gasteiger partial charge in [-0.15, -0.1) is 10.2 Å². The minimum Gasteiger partial charge on any atom is -0.385 e. The van der Waals surface area contributed by atoms with Crippen LogP contribution in [0.2, 0.25) is 5.02 Å². The highest BCUT2D eigenvalue weighted by Gasteiger charge is 2.28. The fraction of sp³-hybridized carbons (Fsp3) is 0.529. The van der Waals surface area contributed by atoms with Crippen molar-refractivity contribution < 1.29 is 5.11 Å². The summed E-state index contributed by atoms with van der Waals surface area (Å²) >= 11 is 5.93. The zero-order valence-electron chi connectivity index (χ0n) is 13.7. The van der Waals surface area contributed by atoms with Crippen molar-refractivity contribution in [2.75, 3.05) is 18.0 Å². The summed E-state index contributed by atoms with van der Waals surface area (Å²) in [5, 5.41) is 20.3. The van der Waals surface area contributed by atoms with E-state index in [1.165, 1.54) is 12.8 Å². The molecule has 3 rings (SSSR count). The summed E-state index contributed by atoms with van der Waals surface area (Å²) in [5.74, 6) is 1.74. The lowest BCUT2D eigenvalue weighted by atomic mass is 9.92. The number of nitrogens with zero attached hydrogens (tertiary/aromatic N) is 4. The zero-order chi connectivity index (χ0) is 16.4. The zero-order valence-corrected chi connectivity index (χ0v) is 14.4. The highest BCUT2D eigenvalue weighted by Crippen LogP contribution is 2.28. The molecule has 1 aliphatic heterocycles. The summed E-state index contributed by atoms with van der Waals surface area (Å²) < 4.78 is 2.11. The van der Waals surface area contributed by atoms with Crippen molar-refractivity contribution >= 4 is 17.5 Å². The first-order valence-electron chi connectivity index (χ1n) is 8.16. The van der Waals surface area contributed by atoms with E-state index in [1.807, 2.05) is 12.1 Å². The summed E-state index contributed by atoms with van der Waals surface area (Å²) in [5.41, 5.74) is -0.178. The molecule has 6 heteroatoms. The van der Waals surface area contributed by atoms with E-state index in [-0.39, 0.29) is 0 Å². The van der Waals surface area contributed by atoms with Crippen LogP contribution in [0.15, 0.2) is 24.3 Å². The number of hydrogen-bond donors (Lipinski definition) is 1. The maximum absolute atomic E-state index is 10.9. The Kier molecular flexibility index (Phi) is 4.60. The van der Waals surface area contributed by atoms with Gasteiger partial charge in [0.15, 0.2) is 0 Å². The number of benzene rings is 1. The Bertz CT molecular complexity index is 660. The normalized spacial score (nSPS) is 17.5. The molecular weight excluding hydrogens is 312 g/mol. The molecule has 0 aliphatic carbocycles. The Morgan fingerprint density at radius 1 is 1.17 bits per heavy atom. The van der Waals surface area contributed by atoms with Crippen LogP contribution in [-0.4, -0.2) is 33.0 Å². The van der Waals surface area contributed by atoms with Crippen LogP contribution in [0.25, 0.3) is 0 Å². The third kappa shape index (κ3) is 3.35. The second-order valence-electron chi connectivity index (χ2n) is 6.31. The van der Waals surface area contributed by atoms with Crippen molar-refractivity contribution in [3.05, 3.63) is 40.7 Å². The smallest absolute Gasteiger partial charge is 0.227 e. The van der Waals surface area contributed by atoms with Crippen LogP contribution in [0, 0.1) is 0 Å². The van der Waals surface area contributed by atoms with Crippen molar-refractivity contribution in [2.24, 2.45) is 0 Å². The Labute approximate surface area is 141 Å². The van der Waals surface area contributed by atoms with Crippen LogP contribution in [0.5, 0.6) is 0 Å². The van der Waals surface area contributed by atoms with Crippen LogP contribution in [-0.2, 0) is 18.6 Å². The van der Waals surface area contributed by atoms with E-state index in [4.69, 9.17) is 11.6 Å². The number of aromatic nitrogens is 3. The lowest BCUT2D eigenvalue weighted by molar-refractivity contribution is 0.0545. The minimum atomic E-state index is -1.01. The van der Waals surface area contributed by atoms with E-state index in [1.54, 1.807) is 19.1 Å². The maximum Gasteiger partial charge on any atom is 0.227 e. The predicted octanol–water partition coefficient (Wildman–Crippen LogP) is 3.00. The summed E-state index contributed by atoms with van der Waals surface area (Å²) in [6.45, 7) is 6.76. The lowest BCUT2D eigenvalue weighted by Crippen LogP contribution is -2.27. The van der Waals surface area contributed by atoms with Gasteiger partial charge in [0.05, 0.1) is 5.60 Å². The second-order valence-corrected chi connectivity index (χ2v) is 6.75. The molecule has 2 heterocycles. The van der Waals surface area contributed by atoms with Gasteiger partial charge in [-0.2, -0.15) is 0 Å². The molecule has 2 aromatic rings. The molecule has 0 radical (unpaired) electrons. The molecule has 0 spiro atoms. The summed E-state index contributed by atoms with van der Waals surface area (Å²) in [4.78, 5) is 2.27. The molecule has 1 atom stereocenters. The van der Waals surface area contributed by atoms with E-state index in [2.05, 4.69) is 26.6 Å². The lowest BCUT2D eigenvalue weighted by Gasteiger charge is -2.24. The number of hydrogen-bond acceptors (Lipinski definition) is 4. The average molecular weight is 335 g/mol. The first-order valence-corrected chi connectivity index (χ1v) is 8.54. The number of rotatable bonds is 5. The van der Waals surface area contributed by atoms with Gasteiger partial charge in [-0.3, -0.25) is 4.57 Å². The highest BCUT2D eigenvalue weighted by molar-refractivity contribution is 6.30. The van der Waals surface area contributed by atoms with E-state index in [0.717, 1.165) is 37.0 Å². The standard InChI is InChI=1S/C17H23ClN4O/c1-3-22-15(19-20-16(22)21-10-4-5-11-21)12-17(2,23)13-6-8-14(18)9-7-13/h6-9,23H,3-5,10-12H2,1-2H3. The van der Waals surface area contributed by atoms with Gasteiger partial charge in [-0.1, -0.05) is 23.7 Å². The molecule has 124 valence electrons. The van der Waals surface area contributed by atoms with Crippen LogP contribution >= 0.6 is 11.6 Å². The minimum absolute atomic E-state index is 0.420. The molecule has 1 N–H and O–H groups in total. The Hall–Kier alpha value is -1.59. The molecule has 1 unspecified atom stereocenters. The Morgan fingerprint density at radius 3 is 2.43 bits per heavy atom. The number of aliphatic hydroxyl groups is 1. The van der Waals surface area contributed by atoms with Gasteiger partial charge in [0.25, 0.3) is 0 Å². The van der Waals surface area contributed by atoms with Gasteiger partial charge < -0.3 is 10.0 Å². The van der Waals surface area contributed by atoms with Crippen LogP contribution in [0.1, 0.15) is 38.1 Å². The molecule has 0 saturated carbocycles. The molecule has 0 amide bonds. The van der Waals surface area contributed by atoms with E-state index >= 15 is 0 Å². The third-order valence-electron chi connectivity index (χ3n) is 4.48. The molecular formula is C17H23ClN4O. The Morgan fingerprint density at radius 2 is 1.83 bits per heavy atom. The van der Waals surface area contributed by atoms with Crippen molar-refractivity contribution in [1.82, 2.24) is 14.8 Å². The number of halogens is 1. The topological polar surface area (TPSA) is 54.2 Å². The molecule has 23 heavy (non-hydrogen) atoms. The van der Waals surface area contributed by atoms with Gasteiger partial charge in [0.1, 0.15) is 5.82 Å². The predicted molar refractivity (Wildman–Crippen MR) is 91.9 cm³/mol. The third-order valence-corrected chi connectivity index (χ3v) is 4.73. The SMILES string of the molecule is CCn1c(CC(C)(O)c2ccc(Cl)cc2)nnc1N1CCCC1. The van der Waals surface area contributed by atoms with Crippen LogP contribution < -0.4 is 4.90 Å². The van der Waals surface area contributed by atoms with E-state index in [9.17, 15) is 5.11 Å². The fourth-order valence-corrected chi connectivity index (χ4v) is 3.28. The largest absolute Gasteiger partial charge is 0.385 e. The second kappa shape index (κ2) is 6.49. The highest BCUT2D eigenvalue weighted by atomic mass is 35.5. The van der Waals surface area contributed by atoms with Crippen molar-refractivity contribution in [2.45, 2.75) is 45.3 Å². The van der Waals surface area contributed by atoms with Gasteiger partial charge in [-0.25, -0.2) is 0 Å². The van der Waals surface area contributed by atoms with E-state index in [0.29, 0.717) is 11.4 Å². The summed E-state index contributed by atoms with van der Waals surface area (Å²) in [7, 11) is 0. The fourth-order valence-electron chi connectivity index (χ4n) is 3.15. The summed E-state index contributed by atoms with van der Waals surface area (Å²) in [6, 6.07) is 7.31. The van der Waals surface area contributed by atoms with Crippen molar-refractivity contribution in [3.8, 4) is 0 Å². The first-order chi connectivity index (χ1) is 11.0. The molecule has 1 aromatic heterocycles. The Balaban J connectivity index is 1.85. The number of anilines is 1. The van der Waals surface area contributed by atoms with Crippen LogP contribution in [0.3, 0.4) is 0 Å². The molecule has 5 nitrogen and oxygen atoms in total. The quantitative estimate of drug-likeness (QED) is 0.913. The molecule has 1 aromatic carbocycles. The molecule has 0 bridgehead atoms. The summed E-state index contributed by atoms with van der Waals surface area (Å²) in [6.07, 6.45) is 2.83. The monoisotopic (exact) mass is 334 g/mol.